The number of ether oxygens (including phenoxy) is 4. The number of hydroxylamine groups is 4. The van der Waals surface area contributed by atoms with E-state index in [9.17, 15) is 28.8 Å². The maximum atomic E-state index is 11.9. The molecule has 36 heavy (non-hydrogen) atoms. The molecule has 2 aliphatic heterocycles. The van der Waals surface area contributed by atoms with Crippen molar-refractivity contribution in [2.75, 3.05) is 53.4 Å². The number of hydrogen-bond donors (Lipinski definition) is 0. The van der Waals surface area contributed by atoms with Crippen LogP contribution in [0.4, 0.5) is 0 Å². The van der Waals surface area contributed by atoms with E-state index >= 15 is 0 Å². The fraction of sp³-hybridized carbons (Fsp3) is 0.727. The van der Waals surface area contributed by atoms with Crippen LogP contribution in [0.2, 0.25) is 0 Å². The Morgan fingerprint density at radius 3 is 1.44 bits per heavy atom. The van der Waals surface area contributed by atoms with Gasteiger partial charge in [-0.1, -0.05) is 0 Å². The Labute approximate surface area is 207 Å². The van der Waals surface area contributed by atoms with E-state index in [1.54, 1.807) is 0 Å². The van der Waals surface area contributed by atoms with Crippen LogP contribution < -0.4 is 0 Å². The number of amides is 4. The van der Waals surface area contributed by atoms with Crippen LogP contribution in [0.5, 0.6) is 0 Å². The lowest BCUT2D eigenvalue weighted by atomic mass is 9.92. The minimum atomic E-state index is -0.787. The first kappa shape index (κ1) is 29.3. The number of hydrogen-bond acceptors (Lipinski definition) is 12. The second-order valence-electron chi connectivity index (χ2n) is 8.27. The highest BCUT2D eigenvalue weighted by Crippen LogP contribution is 2.21. The molecule has 2 rings (SSSR count). The molecule has 2 heterocycles. The summed E-state index contributed by atoms with van der Waals surface area (Å²) in [5.74, 6) is -3.83. The molecule has 14 heteroatoms. The van der Waals surface area contributed by atoms with Gasteiger partial charge in [0.15, 0.2) is 0 Å². The molecule has 0 atom stereocenters. The molecule has 4 amide bonds. The van der Waals surface area contributed by atoms with Crippen LogP contribution >= 0.6 is 0 Å². The number of rotatable bonds is 17. The van der Waals surface area contributed by atoms with Crippen molar-refractivity contribution < 1.29 is 57.4 Å². The van der Waals surface area contributed by atoms with E-state index in [1.807, 2.05) is 6.92 Å². The molecule has 0 N–H and O–H groups in total. The predicted molar refractivity (Wildman–Crippen MR) is 116 cm³/mol. The van der Waals surface area contributed by atoms with Crippen molar-refractivity contribution in [3.05, 3.63) is 0 Å². The summed E-state index contributed by atoms with van der Waals surface area (Å²) >= 11 is 0. The van der Waals surface area contributed by atoms with Crippen molar-refractivity contribution in [1.82, 2.24) is 10.1 Å². The number of carbonyl (C=O) groups excluding carboxylic acids is 6. The van der Waals surface area contributed by atoms with Crippen LogP contribution in [0.3, 0.4) is 0 Å². The molecule has 0 radical (unpaired) electrons. The number of carbonyl (C=O) groups is 6. The van der Waals surface area contributed by atoms with E-state index in [2.05, 4.69) is 0 Å². The zero-order valence-corrected chi connectivity index (χ0v) is 20.5. The van der Waals surface area contributed by atoms with Crippen molar-refractivity contribution in [2.24, 2.45) is 5.41 Å². The van der Waals surface area contributed by atoms with Crippen LogP contribution in [-0.2, 0) is 57.4 Å². The Bertz CT molecular complexity index is 740. The van der Waals surface area contributed by atoms with Gasteiger partial charge in [-0.05, 0) is 6.92 Å². The molecule has 0 aromatic rings. The van der Waals surface area contributed by atoms with E-state index in [0.29, 0.717) is 16.7 Å². The third kappa shape index (κ3) is 8.93. The predicted octanol–water partition coefficient (Wildman–Crippen LogP) is -0.316. The van der Waals surface area contributed by atoms with Crippen molar-refractivity contribution in [3.63, 3.8) is 0 Å². The summed E-state index contributed by atoms with van der Waals surface area (Å²) in [4.78, 5) is 79.6. The average Bonchev–Trinajstić information content (AvgIpc) is 3.33. The second kappa shape index (κ2) is 14.6. The Balaban J connectivity index is 1.78. The minimum Gasteiger partial charge on any atom is -0.384 e. The van der Waals surface area contributed by atoms with Crippen molar-refractivity contribution >= 4 is 35.6 Å². The van der Waals surface area contributed by atoms with Gasteiger partial charge in [0.25, 0.3) is 23.6 Å². The summed E-state index contributed by atoms with van der Waals surface area (Å²) in [6, 6.07) is 0. The first-order valence-electron chi connectivity index (χ1n) is 11.6. The molecule has 2 fully saturated rings. The average molecular weight is 517 g/mol. The van der Waals surface area contributed by atoms with Gasteiger partial charge in [0.2, 0.25) is 0 Å². The quantitative estimate of drug-likeness (QED) is 0.183. The van der Waals surface area contributed by atoms with Gasteiger partial charge in [-0.2, -0.15) is 0 Å². The van der Waals surface area contributed by atoms with Gasteiger partial charge in [0.05, 0.1) is 57.9 Å². The molecule has 0 bridgehead atoms. The molecule has 0 saturated carbocycles. The summed E-state index contributed by atoms with van der Waals surface area (Å²) in [6.07, 6.45) is -0.375. The Morgan fingerprint density at radius 2 is 1.08 bits per heavy atom. The number of imide groups is 2. The minimum absolute atomic E-state index is 0.00576. The monoisotopic (exact) mass is 516 g/mol. The lowest BCUT2D eigenvalue weighted by Crippen LogP contribution is -2.42. The second-order valence-corrected chi connectivity index (χ2v) is 8.27. The summed E-state index contributed by atoms with van der Waals surface area (Å²) in [6.45, 7) is 2.61. The van der Waals surface area contributed by atoms with E-state index < -0.39 is 41.0 Å². The van der Waals surface area contributed by atoms with Gasteiger partial charge >= 0.3 is 11.9 Å². The highest BCUT2D eigenvalue weighted by atomic mass is 16.7. The lowest BCUT2D eigenvalue weighted by Gasteiger charge is -2.32. The van der Waals surface area contributed by atoms with Gasteiger partial charge in [-0.15, -0.1) is 10.1 Å². The van der Waals surface area contributed by atoms with Crippen LogP contribution in [0, 0.1) is 5.41 Å². The van der Waals surface area contributed by atoms with Crippen molar-refractivity contribution in [2.45, 2.75) is 45.4 Å². The smallest absolute Gasteiger partial charge is 0.335 e. The Kier molecular flexibility index (Phi) is 11.9. The summed E-state index contributed by atoms with van der Waals surface area (Å²) in [7, 11) is 1.49. The SMILES string of the molecule is CCOCC(COC)(COCCC(=O)ON1C(=O)CCC1=O)COCCC(=O)ON1C(=O)CCC1=O. The van der Waals surface area contributed by atoms with Crippen LogP contribution in [-0.4, -0.2) is 99.1 Å². The first-order chi connectivity index (χ1) is 17.2. The molecule has 0 aromatic carbocycles. The van der Waals surface area contributed by atoms with Crippen LogP contribution in [0.15, 0.2) is 0 Å². The number of nitrogens with zero attached hydrogens (tertiary/aromatic N) is 2. The molecule has 14 nitrogen and oxygen atoms in total. The van der Waals surface area contributed by atoms with Gasteiger partial charge in [-0.25, -0.2) is 9.59 Å². The van der Waals surface area contributed by atoms with E-state index in [0.717, 1.165) is 0 Å². The summed E-state index contributed by atoms with van der Waals surface area (Å²) in [5, 5.41) is 0.946. The highest BCUT2D eigenvalue weighted by Gasteiger charge is 2.35. The van der Waals surface area contributed by atoms with E-state index in [1.165, 1.54) is 7.11 Å². The fourth-order valence-corrected chi connectivity index (χ4v) is 3.37. The summed E-state index contributed by atoms with van der Waals surface area (Å²) in [5.41, 5.74) is -0.777. The molecule has 0 aromatic heterocycles. The van der Waals surface area contributed by atoms with E-state index in [-0.39, 0.29) is 78.2 Å². The van der Waals surface area contributed by atoms with E-state index in [4.69, 9.17) is 28.6 Å². The molecule has 2 saturated heterocycles. The molecule has 0 unspecified atom stereocenters. The van der Waals surface area contributed by atoms with Crippen LogP contribution in [0.25, 0.3) is 0 Å². The highest BCUT2D eigenvalue weighted by molar-refractivity contribution is 6.02. The zero-order valence-electron chi connectivity index (χ0n) is 20.5. The fourth-order valence-electron chi connectivity index (χ4n) is 3.37. The maximum Gasteiger partial charge on any atom is 0.335 e. The van der Waals surface area contributed by atoms with Gasteiger partial charge in [-0.3, -0.25) is 19.2 Å². The zero-order chi connectivity index (χ0) is 26.6. The Morgan fingerprint density at radius 1 is 0.694 bits per heavy atom. The largest absolute Gasteiger partial charge is 0.384 e. The molecule has 2 aliphatic rings. The third-order valence-electron chi connectivity index (χ3n) is 5.18. The summed E-state index contributed by atoms with van der Waals surface area (Å²) < 4.78 is 22.1. The first-order valence-corrected chi connectivity index (χ1v) is 11.6. The third-order valence-corrected chi connectivity index (χ3v) is 5.18. The molecular weight excluding hydrogens is 484 g/mol. The lowest BCUT2D eigenvalue weighted by molar-refractivity contribution is -0.198. The Hall–Kier alpha value is -2.94. The molecular formula is C22H32N2O12. The maximum absolute atomic E-state index is 11.9. The van der Waals surface area contributed by atoms with Gasteiger partial charge in [0.1, 0.15) is 0 Å². The van der Waals surface area contributed by atoms with Gasteiger partial charge in [0, 0.05) is 39.4 Å². The molecule has 0 aliphatic carbocycles. The topological polar surface area (TPSA) is 164 Å². The number of methoxy groups -OCH3 is 1. The normalized spacial score (nSPS) is 16.3. The molecule has 202 valence electrons. The standard InChI is InChI=1S/C22H32N2O12/c1-3-32-13-22(12-31-2,14-33-10-8-20(29)35-23-16(25)4-5-17(23)26)15-34-11-9-21(30)36-24-18(27)6-7-19(24)28/h3-15H2,1-2H3. The van der Waals surface area contributed by atoms with Crippen LogP contribution in [0.1, 0.15) is 45.4 Å². The van der Waals surface area contributed by atoms with Gasteiger partial charge < -0.3 is 28.6 Å². The van der Waals surface area contributed by atoms with Crippen molar-refractivity contribution in [1.29, 1.82) is 0 Å². The van der Waals surface area contributed by atoms with Crippen molar-refractivity contribution in [3.8, 4) is 0 Å². The molecule has 0 spiro atoms.